The third-order valence-corrected chi connectivity index (χ3v) is 2.51. The van der Waals surface area contributed by atoms with Crippen molar-refractivity contribution in [3.05, 3.63) is 12.2 Å². The van der Waals surface area contributed by atoms with Gasteiger partial charge in [0.1, 0.15) is 0 Å². The van der Waals surface area contributed by atoms with Gasteiger partial charge in [0.15, 0.2) is 0 Å². The van der Waals surface area contributed by atoms with Gasteiger partial charge in [-0.2, -0.15) is 0 Å². The molecule has 1 nitrogen and oxygen atoms in total. The monoisotopic (exact) mass is 220 g/mol. The van der Waals surface area contributed by atoms with E-state index in [0.29, 0.717) is 5.92 Å². The third kappa shape index (κ3) is 6.57. The number of alkyl halides is 1. The summed E-state index contributed by atoms with van der Waals surface area (Å²) in [5.74, 6) is 0.667. The summed E-state index contributed by atoms with van der Waals surface area (Å²) in [4.78, 5) is 0. The lowest BCUT2D eigenvalue weighted by atomic mass is 10.1. The highest BCUT2D eigenvalue weighted by Gasteiger charge is 2.02. The zero-order valence-corrected chi connectivity index (χ0v) is 8.93. The van der Waals surface area contributed by atoms with Gasteiger partial charge in [0.2, 0.25) is 0 Å². The molecule has 1 unspecified atom stereocenters. The molecule has 11 heavy (non-hydrogen) atoms. The summed E-state index contributed by atoms with van der Waals surface area (Å²) in [6.07, 6.45) is 5.22. The fraction of sp³-hybridized carbons (Fsp3) is 0.778. The van der Waals surface area contributed by atoms with Crippen molar-refractivity contribution in [2.24, 2.45) is 5.92 Å². The van der Waals surface area contributed by atoms with Crippen molar-refractivity contribution in [3.8, 4) is 0 Å². The highest BCUT2D eigenvalue weighted by atomic mass is 79.9. The number of ether oxygens (including phenoxy) is 1. The van der Waals surface area contributed by atoms with Crippen LogP contribution >= 0.6 is 15.9 Å². The molecule has 0 aliphatic heterocycles. The van der Waals surface area contributed by atoms with Crippen molar-refractivity contribution in [2.75, 3.05) is 18.5 Å². The standard InChI is InChI=1S/C9H17BrO/c1-3-5-6-11-8-9(4-2)7-10/h3,5,9H,4,6-8H2,1-2H3. The minimum Gasteiger partial charge on any atom is -0.377 e. The number of hydrogen-bond donors (Lipinski definition) is 0. The first kappa shape index (κ1) is 11.2. The molecule has 0 aromatic rings. The van der Waals surface area contributed by atoms with E-state index in [1.54, 1.807) is 0 Å². The fourth-order valence-electron chi connectivity index (χ4n) is 0.670. The lowest BCUT2D eigenvalue weighted by molar-refractivity contribution is 0.129. The molecule has 0 aliphatic carbocycles. The van der Waals surface area contributed by atoms with Crippen molar-refractivity contribution in [3.63, 3.8) is 0 Å². The Bertz CT molecular complexity index is 97.7. The Balaban J connectivity index is 3.21. The van der Waals surface area contributed by atoms with E-state index in [-0.39, 0.29) is 0 Å². The molecule has 2 heteroatoms. The van der Waals surface area contributed by atoms with E-state index in [2.05, 4.69) is 22.9 Å². The molecule has 1 atom stereocenters. The van der Waals surface area contributed by atoms with Crippen molar-refractivity contribution in [2.45, 2.75) is 20.3 Å². The van der Waals surface area contributed by atoms with Crippen LogP contribution in [0.1, 0.15) is 20.3 Å². The molecule has 66 valence electrons. The second-order valence-electron chi connectivity index (χ2n) is 2.54. The van der Waals surface area contributed by atoms with E-state index in [1.807, 2.05) is 19.1 Å². The second-order valence-corrected chi connectivity index (χ2v) is 3.18. The summed E-state index contributed by atoms with van der Waals surface area (Å²) in [5, 5.41) is 1.04. The van der Waals surface area contributed by atoms with Crippen molar-refractivity contribution in [1.82, 2.24) is 0 Å². The molecule has 0 heterocycles. The predicted octanol–water partition coefficient (Wildman–Crippen LogP) is 3.00. The third-order valence-electron chi connectivity index (χ3n) is 1.60. The molecule has 0 saturated carbocycles. The van der Waals surface area contributed by atoms with Crippen LogP contribution in [0.15, 0.2) is 12.2 Å². The van der Waals surface area contributed by atoms with Crippen LogP contribution in [0.25, 0.3) is 0 Å². The average molecular weight is 221 g/mol. The van der Waals surface area contributed by atoms with Gasteiger partial charge in [0.05, 0.1) is 13.2 Å². The first-order valence-electron chi connectivity index (χ1n) is 4.10. The van der Waals surface area contributed by atoms with Crippen LogP contribution in [0.5, 0.6) is 0 Å². The maximum atomic E-state index is 5.40. The zero-order chi connectivity index (χ0) is 8.53. The van der Waals surface area contributed by atoms with Crippen LogP contribution in [-0.4, -0.2) is 18.5 Å². The molecule has 0 aromatic carbocycles. The van der Waals surface area contributed by atoms with Crippen LogP contribution in [-0.2, 0) is 4.74 Å². The second kappa shape index (κ2) is 8.28. The van der Waals surface area contributed by atoms with E-state index >= 15 is 0 Å². The van der Waals surface area contributed by atoms with Crippen LogP contribution in [0.4, 0.5) is 0 Å². The summed E-state index contributed by atoms with van der Waals surface area (Å²) < 4.78 is 5.40. The van der Waals surface area contributed by atoms with E-state index in [9.17, 15) is 0 Å². The molecule has 0 saturated heterocycles. The average Bonchev–Trinajstić information content (AvgIpc) is 2.05. The van der Waals surface area contributed by atoms with Crippen LogP contribution in [0.3, 0.4) is 0 Å². The smallest absolute Gasteiger partial charge is 0.0647 e. The van der Waals surface area contributed by atoms with Crippen LogP contribution < -0.4 is 0 Å². The van der Waals surface area contributed by atoms with Gasteiger partial charge in [-0.05, 0) is 12.8 Å². The van der Waals surface area contributed by atoms with Crippen molar-refractivity contribution < 1.29 is 4.74 Å². The maximum Gasteiger partial charge on any atom is 0.0647 e. The lowest BCUT2D eigenvalue weighted by Crippen LogP contribution is -2.09. The molecule has 0 N–H and O–H groups in total. The lowest BCUT2D eigenvalue weighted by Gasteiger charge is -2.09. The molecule has 0 rings (SSSR count). The van der Waals surface area contributed by atoms with Gasteiger partial charge < -0.3 is 4.74 Å². The van der Waals surface area contributed by atoms with Gasteiger partial charge >= 0.3 is 0 Å². The maximum absolute atomic E-state index is 5.40. The van der Waals surface area contributed by atoms with E-state index in [1.165, 1.54) is 6.42 Å². The van der Waals surface area contributed by atoms with Gasteiger partial charge in [0, 0.05) is 5.33 Å². The normalized spacial score (nSPS) is 14.1. The van der Waals surface area contributed by atoms with Gasteiger partial charge in [0.25, 0.3) is 0 Å². The minimum absolute atomic E-state index is 0.667. The summed E-state index contributed by atoms with van der Waals surface area (Å²) in [7, 11) is 0. The van der Waals surface area contributed by atoms with Crippen molar-refractivity contribution in [1.29, 1.82) is 0 Å². The molecular formula is C9H17BrO. The Labute approximate surface area is 78.0 Å². The summed E-state index contributed by atoms with van der Waals surface area (Å²) in [5.41, 5.74) is 0. The van der Waals surface area contributed by atoms with Gasteiger partial charge in [-0.15, -0.1) is 0 Å². The molecule has 0 amide bonds. The largest absolute Gasteiger partial charge is 0.377 e. The number of hydrogen-bond acceptors (Lipinski definition) is 1. The highest BCUT2D eigenvalue weighted by molar-refractivity contribution is 9.09. The topological polar surface area (TPSA) is 9.23 Å². The SMILES string of the molecule is CC=CCOCC(CC)CBr. The zero-order valence-electron chi connectivity index (χ0n) is 7.35. The van der Waals surface area contributed by atoms with Crippen LogP contribution in [0.2, 0.25) is 0 Å². The van der Waals surface area contributed by atoms with E-state index in [0.717, 1.165) is 18.5 Å². The first-order valence-corrected chi connectivity index (χ1v) is 5.22. The first-order chi connectivity index (χ1) is 5.35. The highest BCUT2D eigenvalue weighted by Crippen LogP contribution is 2.06. The van der Waals surface area contributed by atoms with Gasteiger partial charge in [-0.25, -0.2) is 0 Å². The molecule has 0 aliphatic rings. The molecular weight excluding hydrogens is 204 g/mol. The number of allylic oxidation sites excluding steroid dienone is 1. The molecule has 0 aromatic heterocycles. The minimum atomic E-state index is 0.667. The summed E-state index contributed by atoms with van der Waals surface area (Å²) in [6.45, 7) is 5.81. The molecule has 0 fully saturated rings. The van der Waals surface area contributed by atoms with Crippen LogP contribution in [0, 0.1) is 5.92 Å². The summed E-state index contributed by atoms with van der Waals surface area (Å²) >= 11 is 3.45. The Morgan fingerprint density at radius 1 is 1.55 bits per heavy atom. The predicted molar refractivity (Wildman–Crippen MR) is 53.2 cm³/mol. The Kier molecular flexibility index (Phi) is 8.41. The van der Waals surface area contributed by atoms with E-state index in [4.69, 9.17) is 4.74 Å². The quantitative estimate of drug-likeness (QED) is 0.380. The molecule has 0 bridgehead atoms. The van der Waals surface area contributed by atoms with Gasteiger partial charge in [-0.1, -0.05) is 41.4 Å². The molecule has 0 radical (unpaired) electrons. The number of rotatable bonds is 6. The van der Waals surface area contributed by atoms with Crippen molar-refractivity contribution >= 4 is 15.9 Å². The molecule has 0 spiro atoms. The fourth-order valence-corrected chi connectivity index (χ4v) is 1.32. The Morgan fingerprint density at radius 2 is 2.27 bits per heavy atom. The Morgan fingerprint density at radius 3 is 2.73 bits per heavy atom. The van der Waals surface area contributed by atoms with Gasteiger partial charge in [-0.3, -0.25) is 0 Å². The summed E-state index contributed by atoms with van der Waals surface area (Å²) in [6, 6.07) is 0. The Hall–Kier alpha value is 0.180. The van der Waals surface area contributed by atoms with E-state index < -0.39 is 0 Å². The number of halogens is 1.